The van der Waals surface area contributed by atoms with Crippen molar-refractivity contribution in [1.82, 2.24) is 14.5 Å². The summed E-state index contributed by atoms with van der Waals surface area (Å²) in [6, 6.07) is 4.13. The van der Waals surface area contributed by atoms with E-state index >= 15 is 0 Å². The van der Waals surface area contributed by atoms with Crippen LogP contribution < -0.4 is 5.32 Å². The summed E-state index contributed by atoms with van der Waals surface area (Å²) in [5.74, 6) is 0.891. The zero-order valence-electron chi connectivity index (χ0n) is 12.2. The van der Waals surface area contributed by atoms with Gasteiger partial charge in [-0.25, -0.2) is 4.98 Å². The second-order valence-corrected chi connectivity index (χ2v) is 4.66. The van der Waals surface area contributed by atoms with Crippen molar-refractivity contribution in [2.45, 2.75) is 26.8 Å². The quantitative estimate of drug-likeness (QED) is 0.751. The first-order chi connectivity index (χ1) is 9.79. The van der Waals surface area contributed by atoms with E-state index in [1.165, 1.54) is 5.56 Å². The number of hydrogen-bond donors (Lipinski definition) is 1. The molecule has 0 aromatic carbocycles. The van der Waals surface area contributed by atoms with Crippen molar-refractivity contribution < 1.29 is 4.74 Å². The summed E-state index contributed by atoms with van der Waals surface area (Å²) in [7, 11) is 0. The third-order valence-corrected chi connectivity index (χ3v) is 2.99. The summed E-state index contributed by atoms with van der Waals surface area (Å²) >= 11 is 0. The first kappa shape index (κ1) is 14.5. The zero-order chi connectivity index (χ0) is 14.2. The molecule has 108 valence electrons. The molecule has 0 atom stereocenters. The fourth-order valence-electron chi connectivity index (χ4n) is 1.91. The Labute approximate surface area is 120 Å². The van der Waals surface area contributed by atoms with Crippen molar-refractivity contribution in [3.05, 3.63) is 42.0 Å². The van der Waals surface area contributed by atoms with Crippen LogP contribution in [0.3, 0.4) is 0 Å². The molecule has 20 heavy (non-hydrogen) atoms. The topological polar surface area (TPSA) is 52.0 Å². The van der Waals surface area contributed by atoms with Crippen LogP contribution in [-0.4, -0.2) is 34.3 Å². The van der Waals surface area contributed by atoms with Gasteiger partial charge in [0, 0.05) is 44.0 Å². The van der Waals surface area contributed by atoms with Crippen molar-refractivity contribution >= 4 is 5.95 Å². The van der Waals surface area contributed by atoms with Gasteiger partial charge in [-0.15, -0.1) is 0 Å². The highest BCUT2D eigenvalue weighted by Crippen LogP contribution is 2.09. The van der Waals surface area contributed by atoms with Crippen LogP contribution in [0.4, 0.5) is 5.95 Å². The highest BCUT2D eigenvalue weighted by Gasteiger charge is 2.03. The summed E-state index contributed by atoms with van der Waals surface area (Å²) in [5, 5.41) is 3.34. The van der Waals surface area contributed by atoms with Crippen LogP contribution in [-0.2, 0) is 11.3 Å². The Morgan fingerprint density at radius 1 is 1.30 bits per heavy atom. The number of aryl methyl sites for hydroxylation is 1. The molecular weight excluding hydrogens is 252 g/mol. The van der Waals surface area contributed by atoms with E-state index in [2.05, 4.69) is 25.9 Å². The minimum absolute atomic E-state index is 0.773. The molecule has 0 saturated carbocycles. The first-order valence-corrected chi connectivity index (χ1v) is 7.04. The summed E-state index contributed by atoms with van der Waals surface area (Å²) < 4.78 is 7.40. The van der Waals surface area contributed by atoms with Gasteiger partial charge in [-0.2, -0.15) is 0 Å². The van der Waals surface area contributed by atoms with E-state index in [9.17, 15) is 0 Å². The minimum Gasteiger partial charge on any atom is -0.382 e. The number of anilines is 1. The number of aromatic nitrogens is 3. The van der Waals surface area contributed by atoms with Gasteiger partial charge in [-0.05, 0) is 31.9 Å². The molecule has 0 saturated heterocycles. The summed E-state index contributed by atoms with van der Waals surface area (Å²) in [5.41, 5.74) is 2.21. The maximum Gasteiger partial charge on any atom is 0.203 e. The molecule has 5 heteroatoms. The molecule has 2 aromatic heterocycles. The number of imidazole rings is 1. The molecule has 0 aliphatic heterocycles. The predicted octanol–water partition coefficient (Wildman–Crippen LogP) is 2.47. The predicted molar refractivity (Wildman–Crippen MR) is 79.9 cm³/mol. The lowest BCUT2D eigenvalue weighted by atomic mass is 10.2. The molecule has 2 heterocycles. The lowest BCUT2D eigenvalue weighted by Crippen LogP contribution is -2.11. The third-order valence-electron chi connectivity index (χ3n) is 2.99. The summed E-state index contributed by atoms with van der Waals surface area (Å²) in [6.45, 7) is 7.20. The van der Waals surface area contributed by atoms with Gasteiger partial charge in [-0.3, -0.25) is 4.98 Å². The Kier molecular flexibility index (Phi) is 5.55. The Hall–Kier alpha value is -1.88. The molecule has 5 nitrogen and oxygen atoms in total. The van der Waals surface area contributed by atoms with Gasteiger partial charge in [0.15, 0.2) is 0 Å². The van der Waals surface area contributed by atoms with Crippen LogP contribution in [0.5, 0.6) is 0 Å². The minimum atomic E-state index is 0.773. The van der Waals surface area contributed by atoms with Crippen LogP contribution in [0.1, 0.15) is 24.6 Å². The maximum atomic E-state index is 5.31. The normalized spacial score (nSPS) is 10.7. The molecule has 1 N–H and O–H groups in total. The maximum absolute atomic E-state index is 5.31. The Morgan fingerprint density at radius 3 is 2.95 bits per heavy atom. The lowest BCUT2D eigenvalue weighted by Gasteiger charge is -2.10. The Morgan fingerprint density at radius 2 is 2.20 bits per heavy atom. The zero-order valence-corrected chi connectivity index (χ0v) is 12.2. The van der Waals surface area contributed by atoms with Gasteiger partial charge < -0.3 is 14.6 Å². The van der Waals surface area contributed by atoms with Crippen LogP contribution in [0.25, 0.3) is 0 Å². The van der Waals surface area contributed by atoms with E-state index in [1.807, 2.05) is 38.5 Å². The largest absolute Gasteiger partial charge is 0.382 e. The Balaban J connectivity index is 1.86. The number of pyridine rings is 1. The molecular formula is C15H22N4O. The molecule has 0 spiro atoms. The Bertz CT molecular complexity index is 507. The van der Waals surface area contributed by atoms with E-state index in [0.29, 0.717) is 0 Å². The second kappa shape index (κ2) is 7.65. The van der Waals surface area contributed by atoms with E-state index < -0.39 is 0 Å². The van der Waals surface area contributed by atoms with E-state index in [0.717, 1.165) is 44.4 Å². The van der Waals surface area contributed by atoms with Gasteiger partial charge in [0.25, 0.3) is 0 Å². The molecule has 0 unspecified atom stereocenters. The van der Waals surface area contributed by atoms with Crippen molar-refractivity contribution in [2.24, 2.45) is 0 Å². The smallest absolute Gasteiger partial charge is 0.203 e. The number of ether oxygens (including phenoxy) is 1. The number of rotatable bonds is 8. The summed E-state index contributed by atoms with van der Waals surface area (Å²) in [6.07, 6.45) is 6.68. The van der Waals surface area contributed by atoms with Gasteiger partial charge in [0.05, 0.1) is 6.54 Å². The van der Waals surface area contributed by atoms with E-state index in [4.69, 9.17) is 4.74 Å². The number of nitrogens with zero attached hydrogens (tertiary/aromatic N) is 3. The molecule has 0 bridgehead atoms. The average molecular weight is 274 g/mol. The van der Waals surface area contributed by atoms with E-state index in [-0.39, 0.29) is 0 Å². The van der Waals surface area contributed by atoms with Crippen LogP contribution in [0.15, 0.2) is 30.7 Å². The lowest BCUT2D eigenvalue weighted by molar-refractivity contribution is 0.147. The standard InChI is InChI=1S/C15H22N4O/c1-3-20-10-4-7-16-15-17-8-9-19(15)12-14-6-5-13(2)18-11-14/h5-6,8-9,11H,3-4,7,10,12H2,1-2H3,(H,16,17). The first-order valence-electron chi connectivity index (χ1n) is 7.04. The van der Waals surface area contributed by atoms with E-state index in [1.54, 1.807) is 0 Å². The molecule has 2 rings (SSSR count). The van der Waals surface area contributed by atoms with Crippen molar-refractivity contribution in [1.29, 1.82) is 0 Å². The average Bonchev–Trinajstić information content (AvgIpc) is 2.89. The van der Waals surface area contributed by atoms with Gasteiger partial charge in [0.2, 0.25) is 5.95 Å². The molecule has 0 fully saturated rings. The highest BCUT2D eigenvalue weighted by atomic mass is 16.5. The van der Waals surface area contributed by atoms with Gasteiger partial charge in [-0.1, -0.05) is 6.07 Å². The van der Waals surface area contributed by atoms with Crippen LogP contribution in [0, 0.1) is 6.92 Å². The second-order valence-electron chi connectivity index (χ2n) is 4.66. The van der Waals surface area contributed by atoms with Crippen LogP contribution in [0.2, 0.25) is 0 Å². The van der Waals surface area contributed by atoms with Crippen LogP contribution >= 0.6 is 0 Å². The molecule has 0 radical (unpaired) electrons. The SMILES string of the molecule is CCOCCCNc1nccn1Cc1ccc(C)nc1. The third kappa shape index (κ3) is 4.35. The van der Waals surface area contributed by atoms with Gasteiger partial charge in [0.1, 0.15) is 0 Å². The fourth-order valence-corrected chi connectivity index (χ4v) is 1.91. The van der Waals surface area contributed by atoms with Crippen molar-refractivity contribution in [2.75, 3.05) is 25.1 Å². The number of hydrogen-bond acceptors (Lipinski definition) is 4. The molecule has 0 aliphatic rings. The molecule has 0 amide bonds. The van der Waals surface area contributed by atoms with Crippen molar-refractivity contribution in [3.8, 4) is 0 Å². The van der Waals surface area contributed by atoms with Gasteiger partial charge >= 0.3 is 0 Å². The fraction of sp³-hybridized carbons (Fsp3) is 0.467. The summed E-state index contributed by atoms with van der Waals surface area (Å²) in [4.78, 5) is 8.65. The van der Waals surface area contributed by atoms with Crippen molar-refractivity contribution in [3.63, 3.8) is 0 Å². The molecule has 0 aliphatic carbocycles. The molecule has 2 aromatic rings. The highest BCUT2D eigenvalue weighted by molar-refractivity contribution is 5.27. The number of nitrogens with one attached hydrogen (secondary N) is 1. The monoisotopic (exact) mass is 274 g/mol.